The van der Waals surface area contributed by atoms with Crippen LogP contribution in [0, 0.1) is 5.92 Å². The molecular weight excluding hydrogens is 376 g/mol. The third-order valence-electron chi connectivity index (χ3n) is 4.94. The lowest BCUT2D eigenvalue weighted by Crippen LogP contribution is -2.42. The van der Waals surface area contributed by atoms with Crippen molar-refractivity contribution in [3.63, 3.8) is 0 Å². The van der Waals surface area contributed by atoms with Gasteiger partial charge >= 0.3 is 0 Å². The van der Waals surface area contributed by atoms with Crippen molar-refractivity contribution in [2.24, 2.45) is 5.92 Å². The van der Waals surface area contributed by atoms with Crippen LogP contribution in [0.4, 0.5) is 0 Å². The lowest BCUT2D eigenvalue weighted by molar-refractivity contribution is -0.129. The molecule has 0 aromatic heterocycles. The molecule has 2 aromatic rings. The highest BCUT2D eigenvalue weighted by molar-refractivity contribution is 7.91. The third kappa shape index (κ3) is 5.66. The number of carbonyl (C=O) groups is 2. The molecule has 2 amide bonds. The van der Waals surface area contributed by atoms with Gasteiger partial charge in [-0.3, -0.25) is 20.4 Å². The van der Waals surface area contributed by atoms with E-state index in [4.69, 9.17) is 0 Å². The standard InChI is InChI=1S/C21H24N2O4S/c24-20(13-16-11-12-28(26,27)15-16)22-23-21(25)14-19(17-7-3-1-4-8-17)18-9-5-2-6-10-18/h1-10,16,19H,11-15H2,(H,22,24)(H,23,25). The van der Waals surface area contributed by atoms with Gasteiger partial charge in [-0.2, -0.15) is 0 Å². The van der Waals surface area contributed by atoms with Gasteiger partial charge in [0.2, 0.25) is 11.8 Å². The summed E-state index contributed by atoms with van der Waals surface area (Å²) in [5.41, 5.74) is 6.91. The van der Waals surface area contributed by atoms with Crippen molar-refractivity contribution < 1.29 is 18.0 Å². The van der Waals surface area contributed by atoms with E-state index in [1.807, 2.05) is 60.7 Å². The highest BCUT2D eigenvalue weighted by atomic mass is 32.2. The van der Waals surface area contributed by atoms with Crippen LogP contribution in [0.25, 0.3) is 0 Å². The Morgan fingerprint density at radius 2 is 1.43 bits per heavy atom. The summed E-state index contributed by atoms with van der Waals surface area (Å²) in [5, 5.41) is 0. The number of hydrogen-bond donors (Lipinski definition) is 2. The largest absolute Gasteiger partial charge is 0.273 e. The predicted octanol–water partition coefficient (Wildman–Crippen LogP) is 2.18. The number of sulfone groups is 1. The summed E-state index contributed by atoms with van der Waals surface area (Å²) in [6.45, 7) is 0. The summed E-state index contributed by atoms with van der Waals surface area (Å²) in [6, 6.07) is 19.5. The fraction of sp³-hybridized carbons (Fsp3) is 0.333. The molecule has 0 radical (unpaired) electrons. The van der Waals surface area contributed by atoms with Crippen LogP contribution in [-0.4, -0.2) is 31.7 Å². The van der Waals surface area contributed by atoms with Crippen LogP contribution < -0.4 is 10.9 Å². The average Bonchev–Trinajstić information content (AvgIpc) is 3.04. The summed E-state index contributed by atoms with van der Waals surface area (Å²) >= 11 is 0. The van der Waals surface area contributed by atoms with Gasteiger partial charge in [0.1, 0.15) is 0 Å². The van der Waals surface area contributed by atoms with Gasteiger partial charge in [0.25, 0.3) is 0 Å². The second kappa shape index (κ2) is 9.01. The fourth-order valence-electron chi connectivity index (χ4n) is 3.52. The number of nitrogens with one attached hydrogen (secondary N) is 2. The first-order valence-electron chi connectivity index (χ1n) is 9.31. The predicted molar refractivity (Wildman–Crippen MR) is 107 cm³/mol. The lowest BCUT2D eigenvalue weighted by atomic mass is 9.88. The van der Waals surface area contributed by atoms with E-state index >= 15 is 0 Å². The molecule has 0 aliphatic carbocycles. The molecule has 148 valence electrons. The Labute approximate surface area is 165 Å². The number of benzene rings is 2. The summed E-state index contributed by atoms with van der Waals surface area (Å²) in [4.78, 5) is 24.4. The number of hydrogen-bond acceptors (Lipinski definition) is 4. The smallest absolute Gasteiger partial charge is 0.239 e. The number of carbonyl (C=O) groups excluding carboxylic acids is 2. The van der Waals surface area contributed by atoms with Crippen molar-refractivity contribution in [3.8, 4) is 0 Å². The molecular formula is C21H24N2O4S. The van der Waals surface area contributed by atoms with E-state index in [0.29, 0.717) is 6.42 Å². The van der Waals surface area contributed by atoms with Crippen molar-refractivity contribution in [2.75, 3.05) is 11.5 Å². The van der Waals surface area contributed by atoms with Crippen LogP contribution in [0.15, 0.2) is 60.7 Å². The van der Waals surface area contributed by atoms with E-state index in [1.165, 1.54) is 0 Å². The van der Waals surface area contributed by atoms with Crippen molar-refractivity contribution >= 4 is 21.7 Å². The zero-order valence-electron chi connectivity index (χ0n) is 15.5. The molecule has 2 aromatic carbocycles. The van der Waals surface area contributed by atoms with Gasteiger partial charge in [-0.15, -0.1) is 0 Å². The SMILES string of the molecule is O=C(CC1CCS(=O)(=O)C1)NNC(=O)CC(c1ccccc1)c1ccccc1. The first-order valence-corrected chi connectivity index (χ1v) is 11.1. The maximum Gasteiger partial charge on any atom is 0.239 e. The van der Waals surface area contributed by atoms with Crippen molar-refractivity contribution in [2.45, 2.75) is 25.2 Å². The number of hydrazine groups is 1. The van der Waals surface area contributed by atoms with Crippen molar-refractivity contribution in [3.05, 3.63) is 71.8 Å². The summed E-state index contributed by atoms with van der Waals surface area (Å²) in [6.07, 6.45) is 0.778. The normalized spacial score (nSPS) is 18.0. The summed E-state index contributed by atoms with van der Waals surface area (Å²) in [7, 11) is -3.02. The quantitative estimate of drug-likeness (QED) is 0.727. The van der Waals surface area contributed by atoms with Gasteiger partial charge in [0, 0.05) is 18.8 Å². The molecule has 0 saturated carbocycles. The maximum atomic E-state index is 12.4. The highest BCUT2D eigenvalue weighted by Crippen LogP contribution is 2.27. The van der Waals surface area contributed by atoms with Gasteiger partial charge in [0.05, 0.1) is 11.5 Å². The van der Waals surface area contributed by atoms with E-state index < -0.39 is 9.84 Å². The van der Waals surface area contributed by atoms with Gasteiger partial charge in [-0.05, 0) is 23.5 Å². The highest BCUT2D eigenvalue weighted by Gasteiger charge is 2.29. The molecule has 1 aliphatic rings. The number of amides is 2. The zero-order valence-corrected chi connectivity index (χ0v) is 16.3. The molecule has 1 atom stereocenters. The van der Waals surface area contributed by atoms with E-state index in [0.717, 1.165) is 11.1 Å². The monoisotopic (exact) mass is 400 g/mol. The van der Waals surface area contributed by atoms with Crippen molar-refractivity contribution in [1.29, 1.82) is 0 Å². The van der Waals surface area contributed by atoms with E-state index in [2.05, 4.69) is 10.9 Å². The maximum absolute atomic E-state index is 12.4. The lowest BCUT2D eigenvalue weighted by Gasteiger charge is -2.18. The zero-order chi connectivity index (χ0) is 20.0. The molecule has 7 heteroatoms. The second-order valence-corrected chi connectivity index (χ2v) is 9.38. The molecule has 1 saturated heterocycles. The van der Waals surface area contributed by atoms with Crippen LogP contribution in [0.2, 0.25) is 0 Å². The molecule has 1 aliphatic heterocycles. The Bertz CT molecular complexity index is 874. The summed E-state index contributed by atoms with van der Waals surface area (Å²) < 4.78 is 23.0. The van der Waals surface area contributed by atoms with Gasteiger partial charge in [-0.1, -0.05) is 60.7 Å². The molecule has 3 rings (SSSR count). The second-order valence-electron chi connectivity index (χ2n) is 7.15. The average molecular weight is 401 g/mol. The van der Waals surface area contributed by atoms with Gasteiger partial charge in [0.15, 0.2) is 9.84 Å². The topological polar surface area (TPSA) is 92.3 Å². The fourth-order valence-corrected chi connectivity index (χ4v) is 5.38. The molecule has 2 N–H and O–H groups in total. The summed E-state index contributed by atoms with van der Waals surface area (Å²) in [5.74, 6) is -0.801. The molecule has 1 heterocycles. The van der Waals surface area contributed by atoms with Crippen LogP contribution >= 0.6 is 0 Å². The van der Waals surface area contributed by atoms with E-state index in [9.17, 15) is 18.0 Å². The minimum atomic E-state index is -3.02. The van der Waals surface area contributed by atoms with E-state index in [-0.39, 0.29) is 48.0 Å². The Morgan fingerprint density at radius 1 is 0.893 bits per heavy atom. The first kappa shape index (κ1) is 20.1. The van der Waals surface area contributed by atoms with Crippen LogP contribution in [0.1, 0.15) is 36.3 Å². The van der Waals surface area contributed by atoms with Gasteiger partial charge in [-0.25, -0.2) is 8.42 Å². The molecule has 0 bridgehead atoms. The molecule has 1 unspecified atom stereocenters. The Hall–Kier alpha value is -2.67. The molecule has 0 spiro atoms. The van der Waals surface area contributed by atoms with Crippen molar-refractivity contribution in [1.82, 2.24) is 10.9 Å². The Balaban J connectivity index is 1.56. The Morgan fingerprint density at radius 3 is 1.93 bits per heavy atom. The Kier molecular flexibility index (Phi) is 6.46. The third-order valence-corrected chi connectivity index (χ3v) is 6.77. The number of rotatable bonds is 6. The molecule has 6 nitrogen and oxygen atoms in total. The minimum Gasteiger partial charge on any atom is -0.273 e. The van der Waals surface area contributed by atoms with Gasteiger partial charge < -0.3 is 0 Å². The van der Waals surface area contributed by atoms with Crippen LogP contribution in [0.3, 0.4) is 0 Å². The molecule has 1 fully saturated rings. The van der Waals surface area contributed by atoms with E-state index in [1.54, 1.807) is 0 Å². The van der Waals surface area contributed by atoms with Crippen LogP contribution in [0.5, 0.6) is 0 Å². The van der Waals surface area contributed by atoms with Crippen LogP contribution in [-0.2, 0) is 19.4 Å². The molecule has 28 heavy (non-hydrogen) atoms. The first-order chi connectivity index (χ1) is 13.4. The minimum absolute atomic E-state index is 0.0401.